The average molecular weight is 857 g/mol. The van der Waals surface area contributed by atoms with E-state index < -0.39 is 14.5 Å². The lowest BCUT2D eigenvalue weighted by Gasteiger charge is -2.30. The fourth-order valence-electron chi connectivity index (χ4n) is 7.90. The third-order valence-corrected chi connectivity index (χ3v) is 18.9. The molecule has 7 aromatic carbocycles. The molecule has 0 radical (unpaired) electrons. The van der Waals surface area contributed by atoms with Crippen molar-refractivity contribution in [3.63, 3.8) is 0 Å². The molecule has 1 heterocycles. The zero-order valence-electron chi connectivity index (χ0n) is 29.5. The number of rotatable bonds is 11. The van der Waals surface area contributed by atoms with Crippen molar-refractivity contribution in [3.8, 4) is 0 Å². The molecule has 0 aromatic heterocycles. The molecule has 53 heavy (non-hydrogen) atoms. The van der Waals surface area contributed by atoms with Gasteiger partial charge in [-0.1, -0.05) is 140 Å². The van der Waals surface area contributed by atoms with Crippen LogP contribution in [-0.2, 0) is 0 Å². The molecule has 7 aromatic rings. The second-order valence-electron chi connectivity index (χ2n) is 13.0. The van der Waals surface area contributed by atoms with Gasteiger partial charge in [-0.2, -0.15) is 0 Å². The van der Waals surface area contributed by atoms with Crippen molar-refractivity contribution in [2.75, 3.05) is 12.7 Å². The lowest BCUT2D eigenvalue weighted by Crippen LogP contribution is -3.00. The van der Waals surface area contributed by atoms with E-state index in [0.717, 1.165) is 19.1 Å². The van der Waals surface area contributed by atoms with Crippen LogP contribution in [-0.4, -0.2) is 23.2 Å². The number of hydrogen-bond acceptors (Lipinski definition) is 2. The minimum absolute atomic E-state index is 0. The number of benzene rings is 7. The molecule has 1 aliphatic rings. The molecule has 0 spiro atoms. The molecule has 1 atom stereocenters. The Morgan fingerprint density at radius 3 is 1.06 bits per heavy atom. The zero-order valence-corrected chi connectivity index (χ0v) is 34.4. The fraction of sp³-hybridized carbons (Fsp3) is 0.0851. The first-order valence-corrected chi connectivity index (χ1v) is 21.6. The average Bonchev–Trinajstić information content (AvgIpc) is 3.65. The molecule has 6 heteroatoms. The molecule has 2 nitrogen and oxygen atoms in total. The number of nitrogens with zero attached hydrogens (tertiary/aromatic N) is 2. The maximum Gasteiger partial charge on any atom is 0.194 e. The Kier molecular flexibility index (Phi) is 12.9. The summed E-state index contributed by atoms with van der Waals surface area (Å²) in [5.74, 6) is 0. The molecule has 0 bridgehead atoms. The fourth-order valence-corrected chi connectivity index (χ4v) is 16.5. The summed E-state index contributed by atoms with van der Waals surface area (Å²) in [5.41, 5.74) is 2.59. The van der Waals surface area contributed by atoms with E-state index in [1.54, 1.807) is 0 Å². The molecule has 0 fully saturated rings. The van der Waals surface area contributed by atoms with E-state index in [9.17, 15) is 0 Å². The van der Waals surface area contributed by atoms with Crippen LogP contribution in [0.3, 0.4) is 0 Å². The molecular weight excluding hydrogens is 814 g/mol. The van der Waals surface area contributed by atoms with Gasteiger partial charge in [0.15, 0.2) is 12.7 Å². The van der Waals surface area contributed by atoms with E-state index in [1.165, 1.54) is 42.8 Å². The topological polar surface area (TPSA) is 15.6 Å². The highest BCUT2D eigenvalue weighted by Crippen LogP contribution is 2.61. The number of halogens is 2. The van der Waals surface area contributed by atoms with Crippen LogP contribution in [0.15, 0.2) is 217 Å². The summed E-state index contributed by atoms with van der Waals surface area (Å²) in [6, 6.07) is 78.4. The standard InChI is InChI=1S/C47H42N2P2.2BrH/c1-8-22-39(23-9-1)46-38-47(51(43-30-16-5-17-31-43,44-32-18-6-19-33-44)45-34-20-7-21-35-45)48-49(46)36-37-50(40-24-10-2-11-25-40,41-26-12-3-13-27-41)42-28-14-4-15-29-42;;/h1-35,46H,36-38H2;2*1H/q+2;;/p-2. The van der Waals surface area contributed by atoms with E-state index in [1.807, 2.05) is 0 Å². The van der Waals surface area contributed by atoms with Gasteiger partial charge in [0.25, 0.3) is 0 Å². The van der Waals surface area contributed by atoms with Crippen LogP contribution in [0.5, 0.6) is 0 Å². The second-order valence-corrected chi connectivity index (χ2v) is 20.1. The van der Waals surface area contributed by atoms with Crippen LogP contribution < -0.4 is 65.8 Å². The van der Waals surface area contributed by atoms with Gasteiger partial charge in [0.05, 0.1) is 25.2 Å². The Labute approximate surface area is 336 Å². The summed E-state index contributed by atoms with van der Waals surface area (Å²) >= 11 is 0. The largest absolute Gasteiger partial charge is 1.00 e. The van der Waals surface area contributed by atoms with Crippen molar-refractivity contribution in [3.05, 3.63) is 218 Å². The highest BCUT2D eigenvalue weighted by molar-refractivity contribution is 8.08. The number of hydrogen-bond donors (Lipinski definition) is 0. The Morgan fingerprint density at radius 1 is 0.415 bits per heavy atom. The van der Waals surface area contributed by atoms with Crippen molar-refractivity contribution in [2.45, 2.75) is 12.5 Å². The predicted molar refractivity (Wildman–Crippen MR) is 223 cm³/mol. The van der Waals surface area contributed by atoms with Gasteiger partial charge in [-0.15, -0.1) is 5.10 Å². The molecule has 0 saturated heterocycles. The lowest BCUT2D eigenvalue weighted by molar-refractivity contribution is -0.001000. The summed E-state index contributed by atoms with van der Waals surface area (Å²) in [6.45, 7) is 0.827. The van der Waals surface area contributed by atoms with Gasteiger partial charge >= 0.3 is 0 Å². The summed E-state index contributed by atoms with van der Waals surface area (Å²) in [5, 5.41) is 16.5. The molecule has 8 rings (SSSR count). The minimum Gasteiger partial charge on any atom is -1.00 e. The van der Waals surface area contributed by atoms with Crippen molar-refractivity contribution in [1.29, 1.82) is 0 Å². The molecule has 0 saturated carbocycles. The van der Waals surface area contributed by atoms with Gasteiger partial charge in [0.2, 0.25) is 0 Å². The van der Waals surface area contributed by atoms with E-state index in [2.05, 4.69) is 217 Å². The van der Waals surface area contributed by atoms with Crippen LogP contribution in [0, 0.1) is 0 Å². The van der Waals surface area contributed by atoms with Crippen LogP contribution in [0.4, 0.5) is 0 Å². The summed E-state index contributed by atoms with van der Waals surface area (Å²) in [4.78, 5) is 0. The van der Waals surface area contributed by atoms with Gasteiger partial charge in [0, 0.05) is 0 Å². The van der Waals surface area contributed by atoms with E-state index in [0.29, 0.717) is 0 Å². The van der Waals surface area contributed by atoms with E-state index >= 15 is 0 Å². The van der Waals surface area contributed by atoms with Crippen molar-refractivity contribution < 1.29 is 34.0 Å². The highest BCUT2D eigenvalue weighted by atomic mass is 79.9. The molecule has 0 aliphatic carbocycles. The first-order chi connectivity index (χ1) is 25.3. The Morgan fingerprint density at radius 2 is 0.717 bits per heavy atom. The third-order valence-electron chi connectivity index (χ3n) is 10.2. The van der Waals surface area contributed by atoms with Crippen LogP contribution >= 0.6 is 14.5 Å². The second kappa shape index (κ2) is 17.8. The van der Waals surface area contributed by atoms with Crippen LogP contribution in [0.2, 0.25) is 0 Å². The third kappa shape index (κ3) is 7.49. The Hall–Kier alpha value is -4.17. The first-order valence-electron chi connectivity index (χ1n) is 17.8. The number of hydrazone groups is 1. The molecule has 0 amide bonds. The zero-order chi connectivity index (χ0) is 34.4. The highest BCUT2D eigenvalue weighted by Gasteiger charge is 2.55. The van der Waals surface area contributed by atoms with E-state index in [-0.39, 0.29) is 40.0 Å². The predicted octanol–water partition coefficient (Wildman–Crippen LogP) is 2.74. The monoisotopic (exact) mass is 854 g/mol. The smallest absolute Gasteiger partial charge is 0.194 e. The molecule has 1 unspecified atom stereocenters. The molecule has 1 aliphatic heterocycles. The summed E-state index contributed by atoms with van der Waals surface area (Å²) < 4.78 is 0. The Balaban J connectivity index is 0.00000240. The van der Waals surface area contributed by atoms with Gasteiger partial charge < -0.3 is 34.0 Å². The van der Waals surface area contributed by atoms with Gasteiger partial charge in [-0.05, 0) is 78.4 Å². The van der Waals surface area contributed by atoms with Crippen molar-refractivity contribution in [1.82, 2.24) is 5.01 Å². The van der Waals surface area contributed by atoms with Gasteiger partial charge in [-0.25, -0.2) is 0 Å². The van der Waals surface area contributed by atoms with Crippen LogP contribution in [0.25, 0.3) is 0 Å². The van der Waals surface area contributed by atoms with Gasteiger partial charge in [0.1, 0.15) is 39.1 Å². The molecular formula is C47H42Br2N2P2. The van der Waals surface area contributed by atoms with Crippen molar-refractivity contribution >= 4 is 51.8 Å². The maximum atomic E-state index is 5.85. The van der Waals surface area contributed by atoms with Crippen LogP contribution in [0.1, 0.15) is 18.0 Å². The van der Waals surface area contributed by atoms with Crippen molar-refractivity contribution in [2.24, 2.45) is 5.10 Å². The maximum absolute atomic E-state index is 5.85. The lowest BCUT2D eigenvalue weighted by atomic mass is 10.0. The quantitative estimate of drug-likeness (QED) is 0.183. The molecule has 264 valence electrons. The normalized spacial score (nSPS) is 14.1. The summed E-state index contributed by atoms with van der Waals surface area (Å²) in [6.07, 6.45) is 1.84. The summed E-state index contributed by atoms with van der Waals surface area (Å²) in [7, 11) is -4.38. The minimum atomic E-state index is -2.32. The van der Waals surface area contributed by atoms with Gasteiger partial charge in [-0.3, -0.25) is 5.01 Å². The molecule has 0 N–H and O–H groups in total. The SMILES string of the molecule is [Br-].[Br-].c1ccc(C2CC([P+](c3ccccc3)(c3ccccc3)c3ccccc3)=NN2CC[P+](c2ccccc2)(c2ccccc2)c2ccccc2)cc1. The van der Waals surface area contributed by atoms with E-state index in [4.69, 9.17) is 5.10 Å². The first kappa shape index (κ1) is 38.6. The Bertz CT molecular complexity index is 1980.